The van der Waals surface area contributed by atoms with Crippen molar-refractivity contribution in [2.24, 2.45) is 40.7 Å². The van der Waals surface area contributed by atoms with Crippen molar-refractivity contribution >= 4 is 11.7 Å². The molecule has 234 valence electrons. The minimum atomic E-state index is -0.804. The van der Waals surface area contributed by atoms with Gasteiger partial charge in [0.1, 0.15) is 6.10 Å². The fourth-order valence-corrected chi connectivity index (χ4v) is 6.75. The van der Waals surface area contributed by atoms with Gasteiger partial charge in [0.05, 0.1) is 35.5 Å². The van der Waals surface area contributed by atoms with Crippen LogP contribution in [0.4, 0.5) is 0 Å². The van der Waals surface area contributed by atoms with E-state index in [1.165, 1.54) is 0 Å². The molecule has 0 amide bonds. The minimum absolute atomic E-state index is 0.0136. The van der Waals surface area contributed by atoms with E-state index >= 15 is 0 Å². The Bertz CT molecular complexity index is 798. The molecule has 0 bridgehead atoms. The van der Waals surface area contributed by atoms with E-state index in [0.29, 0.717) is 25.2 Å². The quantitative estimate of drug-likeness (QED) is 0.183. The van der Waals surface area contributed by atoms with Gasteiger partial charge in [-0.2, -0.15) is 0 Å². The number of ether oxygens (including phenoxy) is 5. The molecular formula is C31H57NO8. The number of aliphatic hydroxyl groups is 1. The molecule has 9 heteroatoms. The number of methoxy groups -OCH3 is 2. The second-order valence-electron chi connectivity index (χ2n) is 12.9. The Hall–Kier alpha value is -1.26. The number of hydrogen-bond donors (Lipinski definition) is 1. The number of carbonyl (C=O) groups excluding carboxylic acids is 1. The molecule has 0 saturated carbocycles. The first-order valence-corrected chi connectivity index (χ1v) is 15.2. The first kappa shape index (κ1) is 34.9. The van der Waals surface area contributed by atoms with Gasteiger partial charge in [-0.15, -0.1) is 0 Å². The summed E-state index contributed by atoms with van der Waals surface area (Å²) < 4.78 is 30.0. The van der Waals surface area contributed by atoms with E-state index in [-0.39, 0.29) is 48.8 Å². The Morgan fingerprint density at radius 1 is 1.02 bits per heavy atom. The maximum Gasteiger partial charge on any atom is 0.311 e. The summed E-state index contributed by atoms with van der Waals surface area (Å²) in [5.74, 6) is -1.13. The maximum atomic E-state index is 13.6. The van der Waals surface area contributed by atoms with Crippen molar-refractivity contribution < 1.29 is 38.4 Å². The average molecular weight is 572 g/mol. The molecule has 9 nitrogen and oxygen atoms in total. The van der Waals surface area contributed by atoms with Gasteiger partial charge in [-0.25, -0.2) is 0 Å². The van der Waals surface area contributed by atoms with Crippen LogP contribution >= 0.6 is 0 Å². The van der Waals surface area contributed by atoms with E-state index < -0.39 is 29.8 Å². The van der Waals surface area contributed by atoms with Gasteiger partial charge in [0.25, 0.3) is 0 Å². The number of oxime groups is 1. The normalized spacial score (nSPS) is 43.6. The molecule has 1 N–H and O–H groups in total. The molecule has 0 aromatic heterocycles. The molecule has 0 aromatic rings. The summed E-state index contributed by atoms with van der Waals surface area (Å²) in [6, 6.07) is 0. The molecule has 2 fully saturated rings. The van der Waals surface area contributed by atoms with Crippen LogP contribution in [0.25, 0.3) is 0 Å². The number of aliphatic hydroxyl groups excluding tert-OH is 1. The Morgan fingerprint density at radius 3 is 2.27 bits per heavy atom. The number of hydrogen-bond acceptors (Lipinski definition) is 9. The zero-order chi connectivity index (χ0) is 30.2. The number of nitrogens with zero attached hydrogens (tertiary/aromatic N) is 1. The lowest BCUT2D eigenvalue weighted by atomic mass is 9.76. The van der Waals surface area contributed by atoms with Crippen LogP contribution in [-0.4, -0.2) is 74.1 Å². The van der Waals surface area contributed by atoms with Crippen molar-refractivity contribution in [1.29, 1.82) is 0 Å². The molecule has 2 aliphatic rings. The highest BCUT2D eigenvalue weighted by atomic mass is 16.7. The Balaban J connectivity index is 2.50. The third kappa shape index (κ3) is 9.38. The van der Waals surface area contributed by atoms with Crippen LogP contribution < -0.4 is 0 Å². The van der Waals surface area contributed by atoms with Crippen molar-refractivity contribution in [1.82, 2.24) is 0 Å². The van der Waals surface area contributed by atoms with E-state index in [0.717, 1.165) is 18.6 Å². The Kier molecular flexibility index (Phi) is 13.8. The van der Waals surface area contributed by atoms with Gasteiger partial charge in [-0.1, -0.05) is 46.7 Å². The van der Waals surface area contributed by atoms with Gasteiger partial charge in [0.2, 0.25) is 6.79 Å². The summed E-state index contributed by atoms with van der Waals surface area (Å²) in [5, 5.41) is 15.9. The average Bonchev–Trinajstić information content (AvgIpc) is 2.89. The van der Waals surface area contributed by atoms with Crippen molar-refractivity contribution in [2.45, 2.75) is 131 Å². The monoisotopic (exact) mass is 571 g/mol. The fourth-order valence-electron chi connectivity index (χ4n) is 6.75. The third-order valence-electron chi connectivity index (χ3n) is 9.05. The summed E-state index contributed by atoms with van der Waals surface area (Å²) in [6.07, 6.45) is 1.66. The minimum Gasteiger partial charge on any atom is -0.462 e. The maximum absolute atomic E-state index is 13.6. The zero-order valence-electron chi connectivity index (χ0n) is 26.8. The van der Waals surface area contributed by atoms with Gasteiger partial charge in [-0.3, -0.25) is 4.79 Å². The van der Waals surface area contributed by atoms with Crippen LogP contribution in [0.2, 0.25) is 0 Å². The molecule has 0 unspecified atom stereocenters. The smallest absolute Gasteiger partial charge is 0.311 e. The molecule has 0 aliphatic carbocycles. The standard InChI is InChI=1S/C31H57NO8/c1-12-25-22(6)28(33)23(7)27(32-37-17-35-10)19(3)15-31(9,36-11)16-20(4)29(24(8)30(34)39-25)40-26-14-18(2)13-21(5)38-26/h18-26,28-29,33H,12-17H2,1-11H3/b32-27-/t18-,19-,20-,21+,22+,23+,24-,25-,26+,28+,29+,31-/m1/s1. The lowest BCUT2D eigenvalue weighted by Gasteiger charge is -2.41. The van der Waals surface area contributed by atoms with Crippen LogP contribution in [0.15, 0.2) is 5.16 Å². The molecular weight excluding hydrogens is 514 g/mol. The van der Waals surface area contributed by atoms with E-state index in [4.69, 9.17) is 28.5 Å². The molecule has 0 spiro atoms. The van der Waals surface area contributed by atoms with Gasteiger partial charge < -0.3 is 33.6 Å². The second kappa shape index (κ2) is 15.8. The molecule has 0 radical (unpaired) electrons. The van der Waals surface area contributed by atoms with E-state index in [2.05, 4.69) is 39.8 Å². The van der Waals surface area contributed by atoms with E-state index in [1.54, 1.807) is 14.2 Å². The lowest BCUT2D eigenvalue weighted by molar-refractivity contribution is -0.240. The summed E-state index contributed by atoms with van der Waals surface area (Å²) in [6.45, 7) is 18.3. The molecule has 2 rings (SSSR count). The first-order chi connectivity index (χ1) is 18.8. The highest BCUT2D eigenvalue weighted by molar-refractivity contribution is 5.88. The molecule has 40 heavy (non-hydrogen) atoms. The predicted octanol–water partition coefficient (Wildman–Crippen LogP) is 5.57. The van der Waals surface area contributed by atoms with E-state index in [9.17, 15) is 9.90 Å². The van der Waals surface area contributed by atoms with Crippen molar-refractivity contribution in [2.75, 3.05) is 21.0 Å². The van der Waals surface area contributed by atoms with Gasteiger partial charge in [0, 0.05) is 38.4 Å². The molecule has 0 aromatic carbocycles. The number of rotatable bonds is 7. The number of carbonyl (C=O) groups is 1. The highest BCUT2D eigenvalue weighted by Crippen LogP contribution is 2.37. The lowest BCUT2D eigenvalue weighted by Crippen LogP contribution is -2.47. The third-order valence-corrected chi connectivity index (χ3v) is 9.05. The van der Waals surface area contributed by atoms with Crippen LogP contribution in [0, 0.1) is 35.5 Å². The molecule has 2 heterocycles. The van der Waals surface area contributed by atoms with Crippen LogP contribution in [-0.2, 0) is 33.3 Å². The zero-order valence-corrected chi connectivity index (χ0v) is 26.8. The van der Waals surface area contributed by atoms with Crippen LogP contribution in [0.1, 0.15) is 94.4 Å². The Morgan fingerprint density at radius 2 is 1.70 bits per heavy atom. The highest BCUT2D eigenvalue weighted by Gasteiger charge is 2.42. The molecule has 2 aliphatic heterocycles. The van der Waals surface area contributed by atoms with Crippen molar-refractivity contribution in [3.8, 4) is 0 Å². The topological polar surface area (TPSA) is 105 Å². The van der Waals surface area contributed by atoms with Gasteiger partial charge >= 0.3 is 5.97 Å². The van der Waals surface area contributed by atoms with E-state index in [1.807, 2.05) is 27.7 Å². The Labute approximate surface area is 242 Å². The summed E-state index contributed by atoms with van der Waals surface area (Å²) >= 11 is 0. The number of cyclic esters (lactones) is 1. The van der Waals surface area contributed by atoms with Gasteiger partial charge in [-0.05, 0) is 58.3 Å². The summed E-state index contributed by atoms with van der Waals surface area (Å²) in [5.41, 5.74) is 0.178. The number of esters is 1. The van der Waals surface area contributed by atoms with Gasteiger partial charge in [0.15, 0.2) is 6.29 Å². The van der Waals surface area contributed by atoms with Crippen LogP contribution in [0.3, 0.4) is 0 Å². The predicted molar refractivity (Wildman–Crippen MR) is 155 cm³/mol. The molecule has 2 saturated heterocycles. The largest absolute Gasteiger partial charge is 0.462 e. The molecule has 12 atom stereocenters. The second-order valence-corrected chi connectivity index (χ2v) is 12.9. The first-order valence-electron chi connectivity index (χ1n) is 15.2. The van der Waals surface area contributed by atoms with Crippen molar-refractivity contribution in [3.05, 3.63) is 0 Å². The summed E-state index contributed by atoms with van der Waals surface area (Å²) in [4.78, 5) is 19.1. The van der Waals surface area contributed by atoms with Crippen LogP contribution in [0.5, 0.6) is 0 Å². The SMILES string of the molecule is CC[C@H]1OC(=O)[C@H](C)[C@@H](O[C@H]2C[C@H](C)C[C@H](C)O2)[C@H](C)C[C@](C)(OC)C[C@@H](C)/C(=N/OCOC)[C@H](C)[C@@H](O)[C@H]1C. The fraction of sp³-hybridized carbons (Fsp3) is 0.935. The van der Waals surface area contributed by atoms with Crippen molar-refractivity contribution in [3.63, 3.8) is 0 Å². The summed E-state index contributed by atoms with van der Waals surface area (Å²) in [7, 11) is 3.26.